The molecule has 122 heavy (non-hydrogen) atoms. The molecule has 4 unspecified atom stereocenters. The van der Waals surface area contributed by atoms with Gasteiger partial charge in [-0.3, -0.25) is 83.2 Å². The molecule has 14 N–H and O–H groups in total. The van der Waals surface area contributed by atoms with Crippen molar-refractivity contribution in [1.29, 1.82) is 0 Å². The van der Waals surface area contributed by atoms with Gasteiger partial charge in [0.1, 0.15) is 114 Å². The summed E-state index contributed by atoms with van der Waals surface area (Å²) in [4.78, 5) is 157. The van der Waals surface area contributed by atoms with Gasteiger partial charge in [0.2, 0.25) is 0 Å². The normalized spacial score (nSPS) is 24.4. The molecule has 0 bridgehead atoms. The summed E-state index contributed by atoms with van der Waals surface area (Å²) >= 11 is 0. The van der Waals surface area contributed by atoms with Crippen LogP contribution in [0.1, 0.15) is 87.0 Å². The molecule has 52 nitrogen and oxygen atoms in total. The van der Waals surface area contributed by atoms with Gasteiger partial charge in [-0.15, -0.1) is 5.10 Å². The monoisotopic (exact) mass is 1830 g/mol. The quantitative estimate of drug-likeness (QED) is 0.0150. The molecule has 58 heteroatoms. The van der Waals surface area contributed by atoms with Crippen molar-refractivity contribution in [2.75, 3.05) is 55.9 Å². The molecule has 16 atom stereocenters. The molecular formula is C64H79N19O33P5S+. The van der Waals surface area contributed by atoms with Crippen molar-refractivity contribution < 1.29 is 139 Å². The number of aromatic nitrogens is 16. The van der Waals surface area contributed by atoms with E-state index in [9.17, 15) is 89.2 Å². The predicted octanol–water partition coefficient (Wildman–Crippen LogP) is 1.66. The Morgan fingerprint density at radius 3 is 1.77 bits per heavy atom. The summed E-state index contributed by atoms with van der Waals surface area (Å²) in [5, 5.41) is 8.68. The minimum atomic E-state index is -5.80. The molecule has 9 aromatic heterocycles. The first kappa shape index (κ1) is 89.2. The summed E-state index contributed by atoms with van der Waals surface area (Å²) < 4.78 is 190. The van der Waals surface area contributed by atoms with Crippen LogP contribution in [0.25, 0.3) is 45.4 Å². The number of H-pyrrole nitrogens is 2. The summed E-state index contributed by atoms with van der Waals surface area (Å²) in [5.74, 6) is 0.389. The number of phosphoric acid groups is 5. The fraction of sp³-hybridized carbons (Fsp3) is 0.453. The van der Waals surface area contributed by atoms with E-state index in [0.717, 1.165) is 59.8 Å². The Balaban J connectivity index is 0.709. The number of ether oxygens (including phenoxy) is 5. The van der Waals surface area contributed by atoms with Gasteiger partial charge >= 0.3 is 65.6 Å². The van der Waals surface area contributed by atoms with E-state index in [4.69, 9.17) is 71.2 Å². The molecule has 4 aliphatic heterocycles. The number of furan rings is 1. The number of aryl methyl sites for hydroxylation is 3. The lowest BCUT2D eigenvalue weighted by molar-refractivity contribution is -0.734. The summed E-state index contributed by atoms with van der Waals surface area (Å²) in [6.07, 6.45) is -10.8. The van der Waals surface area contributed by atoms with Gasteiger partial charge in [0, 0.05) is 98.6 Å². The number of phosphoric ester groups is 5. The number of nitrogens with one attached hydrogen (secondary N) is 2. The van der Waals surface area contributed by atoms with Crippen molar-refractivity contribution >= 4 is 112 Å². The first-order valence-corrected chi connectivity index (χ1v) is 45.7. The van der Waals surface area contributed by atoms with Gasteiger partial charge in [0.05, 0.1) is 51.9 Å². The van der Waals surface area contributed by atoms with Crippen LogP contribution in [0, 0.1) is 6.92 Å². The van der Waals surface area contributed by atoms with Crippen LogP contribution in [0.4, 0.5) is 17.3 Å². The number of hydrogen-bond acceptors (Lipinski definition) is 36. The number of anilines is 3. The van der Waals surface area contributed by atoms with Crippen LogP contribution in [0.3, 0.4) is 0 Å². The van der Waals surface area contributed by atoms with Crippen molar-refractivity contribution in [3.63, 3.8) is 0 Å². The number of benzene rings is 1. The number of nitrogen functional groups attached to an aromatic ring is 2. The lowest BCUT2D eigenvalue weighted by atomic mass is 10.1. The van der Waals surface area contributed by atoms with E-state index < -0.39 is 202 Å². The highest BCUT2D eigenvalue weighted by Gasteiger charge is 2.54. The third kappa shape index (κ3) is 21.3. The van der Waals surface area contributed by atoms with Crippen LogP contribution in [0.2, 0.25) is 0 Å². The summed E-state index contributed by atoms with van der Waals surface area (Å²) in [6.45, 7) is 1.81. The third-order valence-corrected chi connectivity index (χ3v) is 24.6. The van der Waals surface area contributed by atoms with E-state index in [2.05, 4.69) is 54.6 Å². The van der Waals surface area contributed by atoms with Crippen molar-refractivity contribution in [2.45, 2.75) is 151 Å². The van der Waals surface area contributed by atoms with Crippen LogP contribution in [-0.2, 0) is 113 Å². The van der Waals surface area contributed by atoms with Crippen LogP contribution < -0.4 is 43.4 Å². The minimum absolute atomic E-state index is 0.0199. The SMILES string of the molecule is CCN(CC)c1ccc2cc(/C=C/c3cc[n+](CCCn4cc(CO[C@H]5C(n6ccc(=O)[nH]c6=O)O[C@H](COP(=O)(O)O[C@H]6C[C@H](n7cc(C)c(=O)[nH]c7=O)O[C@@H]6COP(=O)(O)O[C@H]6C[C@H](n7cnc8c(N)ncnc87)O[C@@H]6COP(=O)(O)O)[C@H]5OP(=O)(O)OC[C@H]5O[C@@H](n6cnc7c(N)ncnc76)C[C@@H]5OP(=O)(O)O)nn4)c(S(=O)(=O)O)c3)oc2c1. The second-order valence-electron chi connectivity index (χ2n) is 27.8. The van der Waals surface area contributed by atoms with Gasteiger partial charge in [-0.1, -0.05) is 11.3 Å². The maximum Gasteiger partial charge on any atom is 0.472 e. The molecule has 0 saturated carbocycles. The molecule has 0 aliphatic carbocycles. The number of rotatable bonds is 37. The number of nitrogens with two attached hydrogens (primary N) is 2. The van der Waals surface area contributed by atoms with E-state index in [1.54, 1.807) is 18.2 Å². The Kier molecular flexibility index (Phi) is 26.5. The van der Waals surface area contributed by atoms with Gasteiger partial charge in [-0.2, -0.15) is 13.0 Å². The lowest BCUT2D eigenvalue weighted by Crippen LogP contribution is -2.40. The molecule has 14 rings (SSSR count). The highest BCUT2D eigenvalue weighted by Crippen LogP contribution is 2.55. The predicted molar refractivity (Wildman–Crippen MR) is 412 cm³/mol. The third-order valence-electron chi connectivity index (χ3n) is 19.7. The zero-order valence-electron chi connectivity index (χ0n) is 63.8. The maximum atomic E-state index is 14.7. The molecule has 0 spiro atoms. The fourth-order valence-electron chi connectivity index (χ4n) is 14.0. The Morgan fingerprint density at radius 1 is 0.631 bits per heavy atom. The van der Waals surface area contributed by atoms with Crippen LogP contribution in [-0.4, -0.2) is 215 Å². The van der Waals surface area contributed by atoms with Crippen LogP contribution in [0.15, 0.2) is 121 Å². The number of fused-ring (bicyclic) bond motifs is 3. The smallest absolute Gasteiger partial charge is 0.457 e. The van der Waals surface area contributed by atoms with Gasteiger partial charge in [0.25, 0.3) is 11.1 Å². The number of imidazole rings is 2. The topological polar surface area (TPSA) is 701 Å². The second-order valence-corrected chi connectivity index (χ2v) is 35.9. The van der Waals surface area contributed by atoms with Gasteiger partial charge in [-0.25, -0.2) is 62.3 Å². The number of hydrogen-bond donors (Lipinski definition) is 12. The molecule has 658 valence electrons. The number of nitrogens with zero attached hydrogens (tertiary/aromatic N) is 15. The Hall–Kier alpha value is -9.09. The van der Waals surface area contributed by atoms with E-state index in [0.29, 0.717) is 21.5 Å². The summed E-state index contributed by atoms with van der Waals surface area (Å²) in [6, 6.07) is 11.4. The van der Waals surface area contributed by atoms with E-state index in [1.807, 2.05) is 43.1 Å². The molecule has 13 heterocycles. The zero-order valence-corrected chi connectivity index (χ0v) is 69.1. The van der Waals surface area contributed by atoms with Crippen molar-refractivity contribution in [3.8, 4) is 0 Å². The molecular weight excluding hydrogens is 1750 g/mol. The Labute approximate surface area is 684 Å². The molecule has 0 radical (unpaired) electrons. The van der Waals surface area contributed by atoms with Crippen molar-refractivity contribution in [3.05, 3.63) is 157 Å². The van der Waals surface area contributed by atoms with Crippen molar-refractivity contribution in [2.24, 2.45) is 0 Å². The number of aromatic amines is 2. The fourth-order valence-corrected chi connectivity index (χ4v) is 18.5. The van der Waals surface area contributed by atoms with Gasteiger partial charge in [0.15, 0.2) is 41.9 Å². The van der Waals surface area contributed by atoms with Crippen LogP contribution >= 0.6 is 39.1 Å². The second kappa shape index (κ2) is 36.2. The maximum absolute atomic E-state index is 14.7. The first-order chi connectivity index (χ1) is 57.7. The van der Waals surface area contributed by atoms with Gasteiger partial charge < -0.3 is 78.7 Å². The molecule has 4 aliphatic rings. The van der Waals surface area contributed by atoms with Gasteiger partial charge in [-0.05, 0) is 50.6 Å². The molecule has 4 saturated heterocycles. The molecule has 4 fully saturated rings. The average molecular weight is 1830 g/mol. The van der Waals surface area contributed by atoms with Crippen molar-refractivity contribution in [1.82, 2.24) is 73.1 Å². The average Bonchev–Trinajstić information content (AvgIpc) is 1.63. The lowest BCUT2D eigenvalue weighted by Gasteiger charge is -2.27. The molecule has 10 aromatic rings. The Morgan fingerprint density at radius 2 is 1.20 bits per heavy atom. The minimum Gasteiger partial charge on any atom is -0.457 e. The highest BCUT2D eigenvalue weighted by atomic mass is 32.2. The molecule has 0 amide bonds. The summed E-state index contributed by atoms with van der Waals surface area (Å²) in [7, 11) is -32.5. The highest BCUT2D eigenvalue weighted by molar-refractivity contribution is 7.85. The van der Waals surface area contributed by atoms with E-state index in [-0.39, 0.29) is 71.2 Å². The zero-order chi connectivity index (χ0) is 87.1. The van der Waals surface area contributed by atoms with Crippen LogP contribution in [0.5, 0.6) is 0 Å². The number of pyridine rings is 1. The first-order valence-electron chi connectivity index (χ1n) is 36.7. The Bertz CT molecular complexity index is 6190. The van der Waals surface area contributed by atoms with E-state index >= 15 is 0 Å². The largest absolute Gasteiger partial charge is 0.472 e. The molecule has 1 aromatic carbocycles. The summed E-state index contributed by atoms with van der Waals surface area (Å²) in [5.41, 5.74) is 10.2. The standard InChI is InChI=1S/C64H78N19O33P5S/c1-4-77(5-2)38-9-8-36-18-39(108-40(36)19-38)10-7-35-11-15-78(52(17-35)122(100,101)102)13-6-14-79-24-37(75-76-79)25-103-56-55(116-121(98,99)106-27-45-41(113-118(91,92)93)20-50(111-45)82-32-71-53-57(65)67-30-69-59(53)82)47(112-62(56)80-16-12-48(84)73-63(80)86)29-107-120(96,97)114-42-21-49(81-23-34(3)61(85)74-64(81)87)109-46(42)28-105-119(94,95)115-43-22-51(110-44(43)26-104-117(88,89)90)83-33-72-54-58(66)68-31-70-60(54)83/h7-12,15-19,23-24,30-33,41-47,49-51,55-56,62H,4-6,13-14,20-22,25-29H2,1-3H3,(H13-,65,66,67,68,69,70,73,74,84,85,86,87,88,89,90,91,92,93,94,95,96,97,98,99,100,101,102)/p+1/t41-,42-,43-,44+,45+,46+,47+,49+,50+,51+,55+,56+,62?/m0/s1. The van der Waals surface area contributed by atoms with E-state index in [1.165, 1.54) is 56.4 Å².